The van der Waals surface area contributed by atoms with Crippen molar-refractivity contribution in [3.05, 3.63) is 63.2 Å². The van der Waals surface area contributed by atoms with Crippen molar-refractivity contribution >= 4 is 28.3 Å². The van der Waals surface area contributed by atoms with Gasteiger partial charge in [0.15, 0.2) is 11.6 Å². The molecule has 1 nitrogen and oxygen atoms in total. The molecule has 0 spiro atoms. The molecule has 0 aliphatic heterocycles. The average molecular weight is 359 g/mol. The molecule has 0 bridgehead atoms. The second-order valence-corrected chi connectivity index (χ2v) is 5.29. The van der Waals surface area contributed by atoms with E-state index in [9.17, 15) is 8.78 Å². The predicted molar refractivity (Wildman–Crippen MR) is 77.6 cm³/mol. The van der Waals surface area contributed by atoms with E-state index < -0.39 is 11.6 Å². The molecule has 0 amide bonds. The van der Waals surface area contributed by atoms with Crippen molar-refractivity contribution in [3.8, 4) is 0 Å². The Labute approximate surface area is 118 Å². The summed E-state index contributed by atoms with van der Waals surface area (Å²) < 4.78 is 27.1. The van der Waals surface area contributed by atoms with Gasteiger partial charge in [-0.05, 0) is 71.5 Å². The van der Waals surface area contributed by atoms with Crippen molar-refractivity contribution in [2.24, 2.45) is 0 Å². The molecule has 0 saturated heterocycles. The molecule has 2 rings (SSSR count). The van der Waals surface area contributed by atoms with Gasteiger partial charge >= 0.3 is 0 Å². The third-order valence-electron chi connectivity index (χ3n) is 2.67. The van der Waals surface area contributed by atoms with Crippen LogP contribution >= 0.6 is 22.6 Å². The summed E-state index contributed by atoms with van der Waals surface area (Å²) in [7, 11) is 0. The minimum atomic E-state index is -0.819. The fourth-order valence-electron chi connectivity index (χ4n) is 1.66. The van der Waals surface area contributed by atoms with Crippen LogP contribution in [0.15, 0.2) is 42.5 Å². The lowest BCUT2D eigenvalue weighted by atomic mass is 10.1. The van der Waals surface area contributed by atoms with Gasteiger partial charge in [0, 0.05) is 15.3 Å². The number of hydrogen-bond acceptors (Lipinski definition) is 1. The summed E-state index contributed by atoms with van der Waals surface area (Å²) in [4.78, 5) is 0. The minimum absolute atomic E-state index is 0.0832. The fraction of sp³-hybridized carbons (Fsp3) is 0.143. The number of hydrogen-bond donors (Lipinski definition) is 1. The highest BCUT2D eigenvalue weighted by molar-refractivity contribution is 14.1. The molecule has 0 fully saturated rings. The Morgan fingerprint density at radius 1 is 1.00 bits per heavy atom. The summed E-state index contributed by atoms with van der Waals surface area (Å²) >= 11 is 2.23. The molecular weight excluding hydrogens is 347 g/mol. The molecule has 0 radical (unpaired) electrons. The van der Waals surface area contributed by atoms with Crippen LogP contribution in [0.4, 0.5) is 14.5 Å². The Bertz CT molecular complexity index is 540. The van der Waals surface area contributed by atoms with Crippen molar-refractivity contribution in [2.75, 3.05) is 5.32 Å². The van der Waals surface area contributed by atoms with Crippen LogP contribution in [0.25, 0.3) is 0 Å². The maximum absolute atomic E-state index is 13.1. The zero-order chi connectivity index (χ0) is 13.1. The Morgan fingerprint density at radius 3 is 2.28 bits per heavy atom. The van der Waals surface area contributed by atoms with E-state index in [-0.39, 0.29) is 6.04 Å². The molecule has 2 aromatic rings. The lowest BCUT2D eigenvalue weighted by Crippen LogP contribution is -2.07. The first-order chi connectivity index (χ1) is 8.56. The van der Waals surface area contributed by atoms with E-state index in [1.54, 1.807) is 6.07 Å². The van der Waals surface area contributed by atoms with E-state index in [0.29, 0.717) is 5.56 Å². The van der Waals surface area contributed by atoms with Gasteiger partial charge in [-0.2, -0.15) is 0 Å². The third-order valence-corrected chi connectivity index (χ3v) is 3.39. The molecule has 0 aliphatic rings. The first-order valence-electron chi connectivity index (χ1n) is 5.53. The topological polar surface area (TPSA) is 12.0 Å². The van der Waals surface area contributed by atoms with Crippen LogP contribution in [0.3, 0.4) is 0 Å². The summed E-state index contributed by atoms with van der Waals surface area (Å²) in [6, 6.07) is 11.8. The average Bonchev–Trinajstić information content (AvgIpc) is 2.35. The van der Waals surface area contributed by atoms with Crippen molar-refractivity contribution < 1.29 is 8.78 Å². The van der Waals surface area contributed by atoms with E-state index in [1.165, 1.54) is 6.07 Å². The van der Waals surface area contributed by atoms with Gasteiger partial charge in [-0.15, -0.1) is 0 Å². The summed E-state index contributed by atoms with van der Waals surface area (Å²) in [5.41, 5.74) is 1.67. The molecule has 18 heavy (non-hydrogen) atoms. The quantitative estimate of drug-likeness (QED) is 0.781. The number of benzene rings is 2. The molecule has 1 unspecified atom stereocenters. The van der Waals surface area contributed by atoms with Gasteiger partial charge in [0.2, 0.25) is 0 Å². The minimum Gasteiger partial charge on any atom is -0.379 e. The Morgan fingerprint density at radius 2 is 1.67 bits per heavy atom. The van der Waals surface area contributed by atoms with Crippen LogP contribution in [0.1, 0.15) is 18.5 Å². The first kappa shape index (κ1) is 13.3. The van der Waals surface area contributed by atoms with Gasteiger partial charge < -0.3 is 5.32 Å². The Balaban J connectivity index is 2.13. The predicted octanol–water partition coefficient (Wildman–Crippen LogP) is 4.74. The number of rotatable bonds is 3. The van der Waals surface area contributed by atoms with Crippen molar-refractivity contribution in [2.45, 2.75) is 13.0 Å². The molecule has 0 aromatic heterocycles. The van der Waals surface area contributed by atoms with E-state index >= 15 is 0 Å². The highest BCUT2D eigenvalue weighted by Gasteiger charge is 2.09. The van der Waals surface area contributed by atoms with E-state index in [0.717, 1.165) is 15.3 Å². The van der Waals surface area contributed by atoms with Crippen LogP contribution in [-0.2, 0) is 0 Å². The van der Waals surface area contributed by atoms with Crippen molar-refractivity contribution in [1.82, 2.24) is 0 Å². The number of anilines is 1. The Kier molecular flexibility index (Phi) is 4.16. The van der Waals surface area contributed by atoms with E-state index in [1.807, 2.05) is 31.2 Å². The van der Waals surface area contributed by atoms with Crippen LogP contribution in [0.2, 0.25) is 0 Å². The van der Waals surface area contributed by atoms with Gasteiger partial charge in [0.05, 0.1) is 0 Å². The Hall–Kier alpha value is -1.17. The molecule has 1 N–H and O–H groups in total. The standard InChI is InChI=1S/C14H12F2IN/c1-9(10-2-7-13(15)14(16)8-10)18-12-5-3-11(17)4-6-12/h2-9,18H,1H3. The normalized spacial score (nSPS) is 12.2. The summed E-state index contributed by atoms with van der Waals surface area (Å²) in [5, 5.41) is 3.24. The molecule has 0 saturated carbocycles. The lowest BCUT2D eigenvalue weighted by molar-refractivity contribution is 0.506. The summed E-state index contributed by atoms with van der Waals surface area (Å²) in [6.07, 6.45) is 0. The monoisotopic (exact) mass is 359 g/mol. The summed E-state index contributed by atoms with van der Waals surface area (Å²) in [5.74, 6) is -1.64. The molecule has 94 valence electrons. The number of nitrogens with one attached hydrogen (secondary N) is 1. The second kappa shape index (κ2) is 5.65. The highest BCUT2D eigenvalue weighted by Crippen LogP contribution is 2.21. The maximum atomic E-state index is 13.1. The fourth-order valence-corrected chi connectivity index (χ4v) is 2.02. The largest absolute Gasteiger partial charge is 0.379 e. The van der Waals surface area contributed by atoms with Crippen molar-refractivity contribution in [3.63, 3.8) is 0 Å². The van der Waals surface area contributed by atoms with Gasteiger partial charge in [0.25, 0.3) is 0 Å². The van der Waals surface area contributed by atoms with Crippen LogP contribution in [-0.4, -0.2) is 0 Å². The van der Waals surface area contributed by atoms with Crippen LogP contribution in [0.5, 0.6) is 0 Å². The zero-order valence-corrected chi connectivity index (χ0v) is 11.9. The number of halogens is 3. The molecular formula is C14H12F2IN. The zero-order valence-electron chi connectivity index (χ0n) is 9.75. The van der Waals surface area contributed by atoms with Crippen LogP contribution < -0.4 is 5.32 Å². The third kappa shape index (κ3) is 3.19. The van der Waals surface area contributed by atoms with Gasteiger partial charge in [-0.25, -0.2) is 8.78 Å². The van der Waals surface area contributed by atoms with Crippen molar-refractivity contribution in [1.29, 1.82) is 0 Å². The SMILES string of the molecule is CC(Nc1ccc(I)cc1)c1ccc(F)c(F)c1. The van der Waals surface area contributed by atoms with Gasteiger partial charge in [-0.1, -0.05) is 6.07 Å². The molecule has 0 heterocycles. The second-order valence-electron chi connectivity index (χ2n) is 4.05. The first-order valence-corrected chi connectivity index (χ1v) is 6.61. The molecule has 1 atom stereocenters. The molecule has 2 aromatic carbocycles. The molecule has 4 heteroatoms. The summed E-state index contributed by atoms with van der Waals surface area (Å²) in [6.45, 7) is 1.91. The van der Waals surface area contributed by atoms with Gasteiger partial charge in [0.1, 0.15) is 0 Å². The smallest absolute Gasteiger partial charge is 0.159 e. The maximum Gasteiger partial charge on any atom is 0.159 e. The van der Waals surface area contributed by atoms with Gasteiger partial charge in [-0.3, -0.25) is 0 Å². The van der Waals surface area contributed by atoms with E-state index in [4.69, 9.17) is 0 Å². The van der Waals surface area contributed by atoms with Crippen LogP contribution in [0, 0.1) is 15.2 Å². The lowest BCUT2D eigenvalue weighted by Gasteiger charge is -2.16. The highest BCUT2D eigenvalue weighted by atomic mass is 127. The van der Waals surface area contributed by atoms with E-state index in [2.05, 4.69) is 27.9 Å². The molecule has 0 aliphatic carbocycles.